The van der Waals surface area contributed by atoms with Gasteiger partial charge in [0.1, 0.15) is 5.75 Å². The van der Waals surface area contributed by atoms with E-state index in [4.69, 9.17) is 15.0 Å². The van der Waals surface area contributed by atoms with Crippen LogP contribution in [0.3, 0.4) is 0 Å². The van der Waals surface area contributed by atoms with Gasteiger partial charge >= 0.3 is 0 Å². The van der Waals surface area contributed by atoms with E-state index in [2.05, 4.69) is 25.1 Å². The summed E-state index contributed by atoms with van der Waals surface area (Å²) in [7, 11) is 0. The van der Waals surface area contributed by atoms with Crippen LogP contribution in [0.4, 0.5) is 5.82 Å². The minimum absolute atomic E-state index is 0.0218. The van der Waals surface area contributed by atoms with Gasteiger partial charge in [-0.05, 0) is 22.8 Å². The van der Waals surface area contributed by atoms with Crippen molar-refractivity contribution < 1.29 is 13.9 Å². The van der Waals surface area contributed by atoms with E-state index in [0.717, 1.165) is 17.7 Å². The predicted octanol–water partition coefficient (Wildman–Crippen LogP) is 1.62. The molecule has 106 valence electrons. The summed E-state index contributed by atoms with van der Waals surface area (Å²) in [6, 6.07) is 7.83. The molecule has 1 atom stereocenters. The summed E-state index contributed by atoms with van der Waals surface area (Å²) in [6.07, 6.45) is 0.780. The molecule has 1 aromatic carbocycles. The first-order valence-corrected chi connectivity index (χ1v) is 6.46. The van der Waals surface area contributed by atoms with Gasteiger partial charge in [-0.25, -0.2) is 4.63 Å². The van der Waals surface area contributed by atoms with Crippen LogP contribution in [0.1, 0.15) is 23.7 Å². The molecule has 3 aromatic rings. The number of aromatic nitrogens is 4. The third-order valence-electron chi connectivity index (χ3n) is 3.43. The van der Waals surface area contributed by atoms with Crippen molar-refractivity contribution in [2.24, 2.45) is 0 Å². The number of nitrogen functional groups attached to an aromatic ring is 1. The van der Waals surface area contributed by atoms with Crippen molar-refractivity contribution in [2.45, 2.75) is 12.3 Å². The van der Waals surface area contributed by atoms with Crippen LogP contribution in [0.25, 0.3) is 11.6 Å². The van der Waals surface area contributed by atoms with Gasteiger partial charge in [0.2, 0.25) is 11.5 Å². The SMILES string of the molecule is Nc1nonc1-c1nc(C2CCOc3ccccc32)no1. The zero-order chi connectivity index (χ0) is 14.2. The van der Waals surface area contributed by atoms with E-state index in [1.165, 1.54) is 0 Å². The Balaban J connectivity index is 1.73. The van der Waals surface area contributed by atoms with Crippen LogP contribution < -0.4 is 10.5 Å². The standard InChI is InChI=1S/C13H11N5O3/c14-11-10(16-21-17-11)13-15-12(18-20-13)8-5-6-19-9-4-2-1-3-7(8)9/h1-4,8H,5-6H2,(H2,14,17). The summed E-state index contributed by atoms with van der Waals surface area (Å²) >= 11 is 0. The van der Waals surface area contributed by atoms with Crippen molar-refractivity contribution in [1.29, 1.82) is 0 Å². The highest BCUT2D eigenvalue weighted by atomic mass is 16.6. The Bertz CT molecular complexity index is 781. The number of fused-ring (bicyclic) bond motifs is 1. The Morgan fingerprint density at radius 2 is 2.05 bits per heavy atom. The molecule has 8 heteroatoms. The average Bonchev–Trinajstić information content (AvgIpc) is 3.15. The quantitative estimate of drug-likeness (QED) is 0.755. The summed E-state index contributed by atoms with van der Waals surface area (Å²) in [5.41, 5.74) is 6.92. The first kappa shape index (κ1) is 11.9. The lowest BCUT2D eigenvalue weighted by atomic mass is 9.92. The van der Waals surface area contributed by atoms with Gasteiger partial charge in [0, 0.05) is 5.56 Å². The topological polar surface area (TPSA) is 113 Å². The summed E-state index contributed by atoms with van der Waals surface area (Å²) in [4.78, 5) is 4.36. The van der Waals surface area contributed by atoms with Crippen molar-refractivity contribution in [3.63, 3.8) is 0 Å². The molecule has 21 heavy (non-hydrogen) atoms. The number of nitrogens with two attached hydrogens (primary N) is 1. The fraction of sp³-hybridized carbons (Fsp3) is 0.231. The van der Waals surface area contributed by atoms with Gasteiger partial charge < -0.3 is 15.0 Å². The van der Waals surface area contributed by atoms with Gasteiger partial charge in [-0.3, -0.25) is 0 Å². The Hall–Kier alpha value is -2.90. The minimum atomic E-state index is 0.0218. The van der Waals surface area contributed by atoms with Crippen LogP contribution >= 0.6 is 0 Å². The zero-order valence-corrected chi connectivity index (χ0v) is 10.9. The van der Waals surface area contributed by atoms with Gasteiger partial charge in [-0.1, -0.05) is 23.4 Å². The van der Waals surface area contributed by atoms with E-state index in [-0.39, 0.29) is 23.3 Å². The van der Waals surface area contributed by atoms with Crippen LogP contribution in [-0.2, 0) is 0 Å². The summed E-state index contributed by atoms with van der Waals surface area (Å²) in [6.45, 7) is 0.610. The van der Waals surface area contributed by atoms with Crippen molar-refractivity contribution in [3.8, 4) is 17.3 Å². The number of benzene rings is 1. The maximum absolute atomic E-state index is 5.63. The molecule has 1 aliphatic heterocycles. The molecule has 0 saturated carbocycles. The van der Waals surface area contributed by atoms with E-state index < -0.39 is 0 Å². The number of hydrogen-bond donors (Lipinski definition) is 1. The smallest absolute Gasteiger partial charge is 0.284 e. The number of para-hydroxylation sites is 1. The lowest BCUT2D eigenvalue weighted by Crippen LogP contribution is -2.16. The first-order chi connectivity index (χ1) is 10.3. The lowest BCUT2D eigenvalue weighted by molar-refractivity contribution is 0.272. The number of ether oxygens (including phenoxy) is 1. The van der Waals surface area contributed by atoms with E-state index in [1.54, 1.807) is 0 Å². The minimum Gasteiger partial charge on any atom is -0.493 e. The van der Waals surface area contributed by atoms with Gasteiger partial charge in [0.25, 0.3) is 5.89 Å². The van der Waals surface area contributed by atoms with Crippen LogP contribution in [0.5, 0.6) is 5.75 Å². The van der Waals surface area contributed by atoms with Gasteiger partial charge in [0.15, 0.2) is 5.82 Å². The highest BCUT2D eigenvalue weighted by Crippen LogP contribution is 2.37. The Morgan fingerprint density at radius 1 is 1.14 bits per heavy atom. The largest absolute Gasteiger partial charge is 0.493 e. The molecular weight excluding hydrogens is 274 g/mol. The molecule has 1 unspecified atom stereocenters. The van der Waals surface area contributed by atoms with Gasteiger partial charge in [0.05, 0.1) is 12.5 Å². The summed E-state index contributed by atoms with van der Waals surface area (Å²) < 4.78 is 15.4. The van der Waals surface area contributed by atoms with Crippen molar-refractivity contribution in [2.75, 3.05) is 12.3 Å². The van der Waals surface area contributed by atoms with Crippen LogP contribution in [0.2, 0.25) is 0 Å². The van der Waals surface area contributed by atoms with E-state index in [0.29, 0.717) is 12.4 Å². The Kier molecular flexibility index (Phi) is 2.59. The fourth-order valence-electron chi connectivity index (χ4n) is 2.43. The third-order valence-corrected chi connectivity index (χ3v) is 3.43. The summed E-state index contributed by atoms with van der Waals surface area (Å²) in [5.74, 6) is 1.77. The molecule has 2 N–H and O–H groups in total. The molecule has 0 radical (unpaired) electrons. The average molecular weight is 285 g/mol. The van der Waals surface area contributed by atoms with Crippen LogP contribution in [-0.4, -0.2) is 27.1 Å². The van der Waals surface area contributed by atoms with Crippen molar-refractivity contribution in [3.05, 3.63) is 35.7 Å². The summed E-state index contributed by atoms with van der Waals surface area (Å²) in [5, 5.41) is 11.2. The predicted molar refractivity (Wildman–Crippen MR) is 70.4 cm³/mol. The maximum atomic E-state index is 5.63. The van der Waals surface area contributed by atoms with Crippen molar-refractivity contribution in [1.82, 2.24) is 20.5 Å². The Morgan fingerprint density at radius 3 is 2.90 bits per heavy atom. The normalized spacial score (nSPS) is 17.2. The highest BCUT2D eigenvalue weighted by Gasteiger charge is 2.28. The molecule has 0 fully saturated rings. The molecule has 0 amide bonds. The molecule has 0 saturated heterocycles. The van der Waals surface area contributed by atoms with Crippen LogP contribution in [0, 0.1) is 0 Å². The van der Waals surface area contributed by atoms with E-state index >= 15 is 0 Å². The van der Waals surface area contributed by atoms with Crippen molar-refractivity contribution >= 4 is 5.82 Å². The molecular formula is C13H11N5O3. The second-order valence-electron chi connectivity index (χ2n) is 4.68. The first-order valence-electron chi connectivity index (χ1n) is 6.46. The molecule has 0 aliphatic carbocycles. The second-order valence-corrected chi connectivity index (χ2v) is 4.68. The van der Waals surface area contributed by atoms with E-state index in [1.807, 2.05) is 24.3 Å². The molecule has 4 rings (SSSR count). The molecule has 0 bridgehead atoms. The fourth-order valence-corrected chi connectivity index (χ4v) is 2.43. The zero-order valence-electron chi connectivity index (χ0n) is 10.9. The van der Waals surface area contributed by atoms with E-state index in [9.17, 15) is 0 Å². The van der Waals surface area contributed by atoms with Crippen LogP contribution in [0.15, 0.2) is 33.4 Å². The van der Waals surface area contributed by atoms with Gasteiger partial charge in [-0.15, -0.1) is 0 Å². The number of hydrogen-bond acceptors (Lipinski definition) is 8. The third kappa shape index (κ3) is 1.92. The maximum Gasteiger partial charge on any atom is 0.284 e. The molecule has 3 heterocycles. The number of anilines is 1. The molecule has 2 aromatic heterocycles. The second kappa shape index (κ2) is 4.58. The number of nitrogens with zero attached hydrogens (tertiary/aromatic N) is 4. The molecule has 1 aliphatic rings. The Labute approximate surface area is 118 Å². The highest BCUT2D eigenvalue weighted by molar-refractivity contribution is 5.60. The molecule has 8 nitrogen and oxygen atoms in total. The number of rotatable bonds is 2. The van der Waals surface area contributed by atoms with Gasteiger partial charge in [-0.2, -0.15) is 4.98 Å². The monoisotopic (exact) mass is 285 g/mol. The lowest BCUT2D eigenvalue weighted by Gasteiger charge is -2.23. The molecule has 0 spiro atoms.